The lowest BCUT2D eigenvalue weighted by atomic mass is 9.49. The Kier molecular flexibility index (Phi) is 5.96. The highest BCUT2D eigenvalue weighted by Gasteiger charge is 2.54. The number of carbonyl (C=O) groups excluding carboxylic acids is 1. The average molecular weight is 432 g/mol. The van der Waals surface area contributed by atoms with Crippen LogP contribution in [0.1, 0.15) is 88.3 Å². The molecule has 6 rings (SSSR count). The standard InChI is InChI=1S/C24H37N3O2S/c28-21-20(30-23(27-21)26-19-6-4-2-1-3-5-7-19)8-9-25-22(29)24-13-16-10-17(14-24)12-18(11-16)15-24/h16-19,28H,1-15H2,(H,25,29)(H,26,27). The molecule has 0 radical (unpaired) electrons. The molecule has 0 aliphatic heterocycles. The van der Waals surface area contributed by atoms with Gasteiger partial charge in [-0.05, 0) is 69.1 Å². The summed E-state index contributed by atoms with van der Waals surface area (Å²) in [4.78, 5) is 18.3. The van der Waals surface area contributed by atoms with E-state index >= 15 is 0 Å². The molecule has 1 aromatic heterocycles. The zero-order valence-electron chi connectivity index (χ0n) is 18.1. The quantitative estimate of drug-likeness (QED) is 0.575. The van der Waals surface area contributed by atoms with Crippen LogP contribution in [0.5, 0.6) is 5.88 Å². The zero-order chi connectivity index (χ0) is 20.6. The van der Waals surface area contributed by atoms with Crippen LogP contribution in [0.4, 0.5) is 5.13 Å². The molecule has 0 unspecified atom stereocenters. The lowest BCUT2D eigenvalue weighted by molar-refractivity contribution is -0.146. The van der Waals surface area contributed by atoms with E-state index in [1.54, 1.807) is 11.3 Å². The molecule has 5 saturated carbocycles. The maximum atomic E-state index is 13.1. The second kappa shape index (κ2) is 8.68. The van der Waals surface area contributed by atoms with Gasteiger partial charge in [-0.3, -0.25) is 4.79 Å². The normalized spacial score (nSPS) is 33.8. The smallest absolute Gasteiger partial charge is 0.227 e. The molecular formula is C24H37N3O2S. The number of thiazole rings is 1. The fourth-order valence-corrected chi connectivity index (χ4v) is 8.14. The number of anilines is 1. The van der Waals surface area contributed by atoms with Gasteiger partial charge in [0.15, 0.2) is 5.13 Å². The van der Waals surface area contributed by atoms with Gasteiger partial charge in [0, 0.05) is 24.4 Å². The maximum absolute atomic E-state index is 13.1. The molecular weight excluding hydrogens is 394 g/mol. The molecule has 0 saturated heterocycles. The highest BCUT2D eigenvalue weighted by atomic mass is 32.1. The van der Waals surface area contributed by atoms with Crippen molar-refractivity contribution in [2.75, 3.05) is 11.9 Å². The van der Waals surface area contributed by atoms with Crippen molar-refractivity contribution >= 4 is 22.4 Å². The van der Waals surface area contributed by atoms with Gasteiger partial charge in [-0.15, -0.1) is 0 Å². The number of hydrogen-bond acceptors (Lipinski definition) is 5. The van der Waals surface area contributed by atoms with Gasteiger partial charge in [-0.2, -0.15) is 4.98 Å². The van der Waals surface area contributed by atoms with E-state index in [1.807, 2.05) is 0 Å². The van der Waals surface area contributed by atoms with Gasteiger partial charge in [0.25, 0.3) is 0 Å². The van der Waals surface area contributed by atoms with Crippen molar-refractivity contribution in [2.24, 2.45) is 23.2 Å². The van der Waals surface area contributed by atoms with Crippen LogP contribution in [0.25, 0.3) is 0 Å². The van der Waals surface area contributed by atoms with E-state index in [9.17, 15) is 9.90 Å². The van der Waals surface area contributed by atoms with E-state index in [1.165, 1.54) is 64.2 Å². The molecule has 5 fully saturated rings. The van der Waals surface area contributed by atoms with Gasteiger partial charge in [0.2, 0.25) is 11.8 Å². The monoisotopic (exact) mass is 431 g/mol. The third-order valence-electron chi connectivity index (χ3n) is 8.27. The second-order valence-electron chi connectivity index (χ2n) is 10.7. The van der Waals surface area contributed by atoms with E-state index in [4.69, 9.17) is 0 Å². The highest BCUT2D eigenvalue weighted by molar-refractivity contribution is 7.15. The van der Waals surface area contributed by atoms with Crippen LogP contribution in [0.2, 0.25) is 0 Å². The van der Waals surface area contributed by atoms with E-state index in [2.05, 4.69) is 15.6 Å². The fourth-order valence-electron chi connectivity index (χ4n) is 7.21. The Morgan fingerprint density at radius 1 is 1.00 bits per heavy atom. The van der Waals surface area contributed by atoms with E-state index in [0.717, 1.165) is 47.0 Å². The molecule has 6 heteroatoms. The van der Waals surface area contributed by atoms with Gasteiger partial charge in [0.1, 0.15) is 0 Å². The summed E-state index contributed by atoms with van der Waals surface area (Å²) in [6.45, 7) is 0.596. The predicted octanol–water partition coefficient (Wildman–Crippen LogP) is 5.25. The summed E-state index contributed by atoms with van der Waals surface area (Å²) in [5.41, 5.74) is -0.0879. The van der Waals surface area contributed by atoms with Crippen molar-refractivity contribution in [3.05, 3.63) is 4.88 Å². The molecule has 1 aromatic rings. The molecule has 1 amide bonds. The largest absolute Gasteiger partial charge is 0.492 e. The van der Waals surface area contributed by atoms with Gasteiger partial charge >= 0.3 is 0 Å². The summed E-state index contributed by atoms with van der Waals surface area (Å²) in [7, 11) is 0. The van der Waals surface area contributed by atoms with Gasteiger partial charge < -0.3 is 15.7 Å². The summed E-state index contributed by atoms with van der Waals surface area (Å²) in [6, 6.07) is 0.472. The van der Waals surface area contributed by atoms with Gasteiger partial charge in [-0.1, -0.05) is 43.4 Å². The summed E-state index contributed by atoms with van der Waals surface area (Å²) < 4.78 is 0. The third-order valence-corrected chi connectivity index (χ3v) is 9.30. The molecule has 5 aliphatic carbocycles. The van der Waals surface area contributed by atoms with Crippen LogP contribution in [0.15, 0.2) is 0 Å². The molecule has 4 bridgehead atoms. The summed E-state index contributed by atoms with van der Waals surface area (Å²) in [5, 5.41) is 17.9. The molecule has 1 heterocycles. The topological polar surface area (TPSA) is 74.2 Å². The van der Waals surface area contributed by atoms with Crippen molar-refractivity contribution in [3.63, 3.8) is 0 Å². The molecule has 0 atom stereocenters. The number of aromatic nitrogens is 1. The Morgan fingerprint density at radius 2 is 1.60 bits per heavy atom. The van der Waals surface area contributed by atoms with Crippen LogP contribution in [-0.4, -0.2) is 28.6 Å². The lowest BCUT2D eigenvalue weighted by Crippen LogP contribution is -2.53. The van der Waals surface area contributed by atoms with E-state index in [0.29, 0.717) is 19.0 Å². The molecule has 30 heavy (non-hydrogen) atoms. The molecule has 5 nitrogen and oxygen atoms in total. The third kappa shape index (κ3) is 4.35. The summed E-state index contributed by atoms with van der Waals surface area (Å²) in [6.07, 6.45) is 17.0. The summed E-state index contributed by atoms with van der Waals surface area (Å²) >= 11 is 1.55. The zero-order valence-corrected chi connectivity index (χ0v) is 18.9. The molecule has 3 N–H and O–H groups in total. The number of amides is 1. The number of aromatic hydroxyl groups is 1. The van der Waals surface area contributed by atoms with Crippen LogP contribution < -0.4 is 10.6 Å². The number of nitrogens with zero attached hydrogens (tertiary/aromatic N) is 1. The molecule has 166 valence electrons. The van der Waals surface area contributed by atoms with E-state index < -0.39 is 0 Å². The van der Waals surface area contributed by atoms with Crippen LogP contribution in [-0.2, 0) is 11.2 Å². The first-order valence-electron chi connectivity index (χ1n) is 12.3. The first kappa shape index (κ1) is 20.6. The van der Waals surface area contributed by atoms with E-state index in [-0.39, 0.29) is 17.2 Å². The van der Waals surface area contributed by atoms with Crippen molar-refractivity contribution in [3.8, 4) is 5.88 Å². The Balaban J connectivity index is 1.13. The SMILES string of the molecule is O=C(NCCc1sc(NC2CCCCCCC2)nc1O)C12CC3CC(CC(C3)C1)C2. The predicted molar refractivity (Wildman–Crippen MR) is 121 cm³/mol. The summed E-state index contributed by atoms with van der Waals surface area (Å²) in [5.74, 6) is 2.77. The average Bonchev–Trinajstić information content (AvgIpc) is 3.02. The van der Waals surface area contributed by atoms with Crippen LogP contribution in [0, 0.1) is 23.2 Å². The Morgan fingerprint density at radius 3 is 2.23 bits per heavy atom. The maximum Gasteiger partial charge on any atom is 0.227 e. The first-order chi connectivity index (χ1) is 14.6. The van der Waals surface area contributed by atoms with Crippen molar-refractivity contribution < 1.29 is 9.90 Å². The Bertz CT molecular complexity index is 718. The number of hydrogen-bond donors (Lipinski definition) is 3. The minimum absolute atomic E-state index is 0.0879. The number of rotatable bonds is 6. The number of carbonyl (C=O) groups is 1. The van der Waals surface area contributed by atoms with Crippen molar-refractivity contribution in [2.45, 2.75) is 95.9 Å². The van der Waals surface area contributed by atoms with Gasteiger partial charge in [-0.25, -0.2) is 0 Å². The van der Waals surface area contributed by atoms with Crippen molar-refractivity contribution in [1.29, 1.82) is 0 Å². The first-order valence-corrected chi connectivity index (χ1v) is 13.1. The minimum Gasteiger partial charge on any atom is -0.492 e. The highest BCUT2D eigenvalue weighted by Crippen LogP contribution is 2.60. The molecule has 0 spiro atoms. The molecule has 0 aromatic carbocycles. The van der Waals surface area contributed by atoms with Crippen LogP contribution >= 0.6 is 11.3 Å². The lowest BCUT2D eigenvalue weighted by Gasteiger charge is -2.55. The fraction of sp³-hybridized carbons (Fsp3) is 0.833. The Labute approximate surface area is 184 Å². The van der Waals surface area contributed by atoms with Crippen molar-refractivity contribution in [1.82, 2.24) is 10.3 Å². The molecule has 5 aliphatic rings. The number of nitrogens with one attached hydrogen (secondary N) is 2. The minimum atomic E-state index is -0.0879. The van der Waals surface area contributed by atoms with Crippen LogP contribution in [0.3, 0.4) is 0 Å². The Hall–Kier alpha value is -1.30. The second-order valence-corrected chi connectivity index (χ2v) is 11.7. The van der Waals surface area contributed by atoms with Gasteiger partial charge in [0.05, 0.1) is 4.88 Å².